The monoisotopic (exact) mass is 155 g/mol. The van der Waals surface area contributed by atoms with Crippen LogP contribution in [0.5, 0.6) is 0 Å². The topological polar surface area (TPSA) is 21.3 Å². The van der Waals surface area contributed by atoms with Crippen LogP contribution in [0.4, 0.5) is 0 Å². The predicted octanol–water partition coefficient (Wildman–Crippen LogP) is 1.88. The summed E-state index contributed by atoms with van der Waals surface area (Å²) in [4.78, 5) is 0. The van der Waals surface area contributed by atoms with Gasteiger partial charge in [0.05, 0.1) is 6.26 Å². The minimum Gasteiger partial charge on any atom is -0.483 e. The maximum atomic E-state index is 5.33. The Kier molecular flexibility index (Phi) is 3.43. The van der Waals surface area contributed by atoms with E-state index in [1.165, 1.54) is 31.9 Å². The molecule has 0 spiro atoms. The summed E-state index contributed by atoms with van der Waals surface area (Å²) < 4.78 is 5.33. The molecule has 0 amide bonds. The second-order valence-electron chi connectivity index (χ2n) is 3.06. The minimum atomic E-state index is 0.190. The van der Waals surface area contributed by atoms with E-state index in [-0.39, 0.29) is 6.23 Å². The van der Waals surface area contributed by atoms with E-state index in [9.17, 15) is 0 Å². The lowest BCUT2D eigenvalue weighted by Crippen LogP contribution is -2.33. The van der Waals surface area contributed by atoms with E-state index in [1.807, 2.05) is 7.05 Å². The molecule has 1 atom stereocenters. The quantitative estimate of drug-likeness (QED) is 0.494. The van der Waals surface area contributed by atoms with E-state index in [0.717, 1.165) is 0 Å². The molecule has 2 heteroatoms. The van der Waals surface area contributed by atoms with E-state index in [2.05, 4.69) is 11.9 Å². The lowest BCUT2D eigenvalue weighted by atomic mass is 10.1. The smallest absolute Gasteiger partial charge is 0.151 e. The Morgan fingerprint density at radius 1 is 1.55 bits per heavy atom. The highest BCUT2D eigenvalue weighted by molar-refractivity contribution is 4.74. The summed E-state index contributed by atoms with van der Waals surface area (Å²) >= 11 is 0. The summed E-state index contributed by atoms with van der Waals surface area (Å²) in [6, 6.07) is 0. The molecule has 1 aliphatic carbocycles. The Bertz CT molecular complexity index is 119. The molecule has 1 unspecified atom stereocenters. The Morgan fingerprint density at radius 3 is 2.64 bits per heavy atom. The number of hydrogen-bond acceptors (Lipinski definition) is 2. The zero-order chi connectivity index (χ0) is 8.10. The zero-order valence-corrected chi connectivity index (χ0v) is 7.18. The van der Waals surface area contributed by atoms with Gasteiger partial charge in [0.2, 0.25) is 0 Å². The van der Waals surface area contributed by atoms with Gasteiger partial charge in [-0.3, -0.25) is 5.32 Å². The summed E-state index contributed by atoms with van der Waals surface area (Å²) in [5, 5.41) is 3.15. The van der Waals surface area contributed by atoms with Crippen LogP contribution in [0.2, 0.25) is 0 Å². The molecular formula is C9H17NO. The van der Waals surface area contributed by atoms with Gasteiger partial charge in [-0.1, -0.05) is 19.4 Å². The summed E-state index contributed by atoms with van der Waals surface area (Å²) in [5.41, 5.74) is 0. The molecule has 1 rings (SSSR count). The molecule has 0 aromatic rings. The molecular weight excluding hydrogens is 138 g/mol. The van der Waals surface area contributed by atoms with Crippen molar-refractivity contribution in [2.45, 2.75) is 31.9 Å². The van der Waals surface area contributed by atoms with Crippen molar-refractivity contribution in [1.82, 2.24) is 5.32 Å². The van der Waals surface area contributed by atoms with Crippen LogP contribution in [0.3, 0.4) is 0 Å². The molecule has 0 heterocycles. The first-order chi connectivity index (χ1) is 5.38. The fourth-order valence-electron chi connectivity index (χ4n) is 1.78. The number of ether oxygens (including phenoxy) is 1. The van der Waals surface area contributed by atoms with E-state index in [1.54, 1.807) is 0 Å². The largest absolute Gasteiger partial charge is 0.483 e. The third-order valence-corrected chi connectivity index (χ3v) is 2.36. The van der Waals surface area contributed by atoms with Gasteiger partial charge in [-0.2, -0.15) is 0 Å². The molecule has 1 aliphatic rings. The van der Waals surface area contributed by atoms with Gasteiger partial charge in [0.15, 0.2) is 6.23 Å². The second-order valence-corrected chi connectivity index (χ2v) is 3.06. The number of rotatable bonds is 4. The van der Waals surface area contributed by atoms with Crippen molar-refractivity contribution in [2.75, 3.05) is 7.05 Å². The van der Waals surface area contributed by atoms with Gasteiger partial charge < -0.3 is 4.74 Å². The zero-order valence-electron chi connectivity index (χ0n) is 7.18. The van der Waals surface area contributed by atoms with Crippen LogP contribution in [0, 0.1) is 5.92 Å². The molecule has 0 radical (unpaired) electrons. The highest BCUT2D eigenvalue weighted by atomic mass is 16.5. The first kappa shape index (κ1) is 8.60. The van der Waals surface area contributed by atoms with Gasteiger partial charge in [0.25, 0.3) is 0 Å². The van der Waals surface area contributed by atoms with Crippen molar-refractivity contribution in [2.24, 2.45) is 5.92 Å². The molecule has 0 saturated heterocycles. The van der Waals surface area contributed by atoms with E-state index in [4.69, 9.17) is 4.74 Å². The van der Waals surface area contributed by atoms with Crippen LogP contribution in [0.25, 0.3) is 0 Å². The predicted molar refractivity (Wildman–Crippen MR) is 46.1 cm³/mol. The Balaban J connectivity index is 2.33. The van der Waals surface area contributed by atoms with Crippen molar-refractivity contribution in [3.63, 3.8) is 0 Å². The van der Waals surface area contributed by atoms with Crippen LogP contribution in [0.1, 0.15) is 25.7 Å². The lowest BCUT2D eigenvalue weighted by molar-refractivity contribution is 0.0659. The molecule has 0 aliphatic heterocycles. The molecule has 2 nitrogen and oxygen atoms in total. The Hall–Kier alpha value is -0.500. The SMILES string of the molecule is C=COC(NC)C1CCCC1. The summed E-state index contributed by atoms with van der Waals surface area (Å²) in [7, 11) is 1.94. The average Bonchev–Trinajstić information content (AvgIpc) is 2.52. The van der Waals surface area contributed by atoms with Crippen molar-refractivity contribution in [1.29, 1.82) is 0 Å². The maximum absolute atomic E-state index is 5.33. The van der Waals surface area contributed by atoms with Gasteiger partial charge >= 0.3 is 0 Å². The molecule has 1 N–H and O–H groups in total. The number of nitrogens with one attached hydrogen (secondary N) is 1. The van der Waals surface area contributed by atoms with Crippen LogP contribution >= 0.6 is 0 Å². The van der Waals surface area contributed by atoms with Gasteiger partial charge in [-0.05, 0) is 19.9 Å². The Labute approximate surface area is 68.6 Å². The Morgan fingerprint density at radius 2 is 2.18 bits per heavy atom. The van der Waals surface area contributed by atoms with Gasteiger partial charge in [-0.15, -0.1) is 0 Å². The summed E-state index contributed by atoms with van der Waals surface area (Å²) in [6.07, 6.45) is 7.00. The third kappa shape index (κ3) is 2.22. The number of hydrogen-bond donors (Lipinski definition) is 1. The van der Waals surface area contributed by atoms with Crippen LogP contribution in [0.15, 0.2) is 12.8 Å². The second kappa shape index (κ2) is 4.39. The molecule has 0 bridgehead atoms. The first-order valence-electron chi connectivity index (χ1n) is 4.32. The molecule has 11 heavy (non-hydrogen) atoms. The van der Waals surface area contributed by atoms with Crippen LogP contribution < -0.4 is 5.32 Å². The highest BCUT2D eigenvalue weighted by Crippen LogP contribution is 2.27. The third-order valence-electron chi connectivity index (χ3n) is 2.36. The van der Waals surface area contributed by atoms with Crippen molar-refractivity contribution in [3.05, 3.63) is 12.8 Å². The fraction of sp³-hybridized carbons (Fsp3) is 0.778. The minimum absolute atomic E-state index is 0.190. The van der Waals surface area contributed by atoms with Gasteiger partial charge in [-0.25, -0.2) is 0 Å². The van der Waals surface area contributed by atoms with E-state index >= 15 is 0 Å². The van der Waals surface area contributed by atoms with E-state index < -0.39 is 0 Å². The molecule has 0 aromatic heterocycles. The summed E-state index contributed by atoms with van der Waals surface area (Å²) in [5.74, 6) is 0.693. The molecule has 64 valence electrons. The summed E-state index contributed by atoms with van der Waals surface area (Å²) in [6.45, 7) is 3.56. The van der Waals surface area contributed by atoms with Crippen LogP contribution in [-0.4, -0.2) is 13.3 Å². The van der Waals surface area contributed by atoms with E-state index in [0.29, 0.717) is 5.92 Å². The first-order valence-corrected chi connectivity index (χ1v) is 4.32. The normalized spacial score (nSPS) is 21.5. The highest BCUT2D eigenvalue weighted by Gasteiger charge is 2.23. The fourth-order valence-corrected chi connectivity index (χ4v) is 1.78. The standard InChI is InChI=1S/C9H17NO/c1-3-11-9(10-2)8-6-4-5-7-8/h3,8-10H,1,4-7H2,2H3. The van der Waals surface area contributed by atoms with Gasteiger partial charge in [0, 0.05) is 5.92 Å². The van der Waals surface area contributed by atoms with Crippen molar-refractivity contribution >= 4 is 0 Å². The molecule has 1 fully saturated rings. The molecule has 1 saturated carbocycles. The molecule has 0 aromatic carbocycles. The van der Waals surface area contributed by atoms with Gasteiger partial charge in [0.1, 0.15) is 0 Å². The lowest BCUT2D eigenvalue weighted by Gasteiger charge is -2.21. The van der Waals surface area contributed by atoms with Crippen LogP contribution in [-0.2, 0) is 4.74 Å². The van der Waals surface area contributed by atoms with Crippen molar-refractivity contribution in [3.8, 4) is 0 Å². The maximum Gasteiger partial charge on any atom is 0.151 e. The average molecular weight is 155 g/mol. The van der Waals surface area contributed by atoms with Crippen molar-refractivity contribution < 1.29 is 4.74 Å².